The average molecular weight is 264 g/mol. The van der Waals surface area contributed by atoms with Gasteiger partial charge in [0.15, 0.2) is 0 Å². The van der Waals surface area contributed by atoms with Gasteiger partial charge in [0.05, 0.1) is 0 Å². The van der Waals surface area contributed by atoms with Gasteiger partial charge in [0.25, 0.3) is 5.91 Å². The van der Waals surface area contributed by atoms with E-state index >= 15 is 0 Å². The molecule has 0 aliphatic carbocycles. The van der Waals surface area contributed by atoms with Crippen LogP contribution in [0.4, 0.5) is 5.95 Å². The minimum atomic E-state index is -0.143. The third-order valence-electron chi connectivity index (χ3n) is 2.44. The molecule has 1 amide bonds. The predicted molar refractivity (Wildman–Crippen MR) is 77.3 cm³/mol. The minimum absolute atomic E-state index is 0.129. The van der Waals surface area contributed by atoms with Crippen molar-refractivity contribution >= 4 is 11.9 Å². The first kappa shape index (κ1) is 15.4. The summed E-state index contributed by atoms with van der Waals surface area (Å²) in [6, 6.07) is 1.63. The smallest absolute Gasteiger partial charge is 0.270 e. The molecule has 0 unspecified atom stereocenters. The molecule has 19 heavy (non-hydrogen) atoms. The molecule has 0 saturated heterocycles. The average Bonchev–Trinajstić information content (AvgIpc) is 2.32. The van der Waals surface area contributed by atoms with Crippen molar-refractivity contribution in [1.29, 1.82) is 0 Å². The molecule has 0 aliphatic rings. The summed E-state index contributed by atoms with van der Waals surface area (Å²) in [5.41, 5.74) is 0.272. The molecule has 0 fully saturated rings. The van der Waals surface area contributed by atoms with Gasteiger partial charge in [0.1, 0.15) is 5.69 Å². The lowest BCUT2D eigenvalue weighted by molar-refractivity contribution is 0.0948. The molecular weight excluding hydrogens is 240 g/mol. The molecular formula is C14H24N4O. The van der Waals surface area contributed by atoms with Crippen LogP contribution in [0.3, 0.4) is 0 Å². The van der Waals surface area contributed by atoms with Crippen molar-refractivity contribution in [2.45, 2.75) is 52.5 Å². The lowest BCUT2D eigenvalue weighted by Gasteiger charge is -2.20. The van der Waals surface area contributed by atoms with E-state index in [2.05, 4.69) is 27.5 Å². The van der Waals surface area contributed by atoms with Gasteiger partial charge in [-0.25, -0.2) is 9.97 Å². The van der Waals surface area contributed by atoms with Crippen LogP contribution in [0, 0.1) is 0 Å². The highest BCUT2D eigenvalue weighted by Crippen LogP contribution is 2.09. The molecule has 0 bridgehead atoms. The summed E-state index contributed by atoms with van der Waals surface area (Å²) >= 11 is 0. The largest absolute Gasteiger partial charge is 0.351 e. The zero-order chi connectivity index (χ0) is 14.3. The first-order chi connectivity index (χ1) is 8.92. The number of rotatable bonds is 6. The molecule has 2 N–H and O–H groups in total. The van der Waals surface area contributed by atoms with Crippen molar-refractivity contribution in [1.82, 2.24) is 15.3 Å². The van der Waals surface area contributed by atoms with Crippen LogP contribution in [-0.4, -0.2) is 28.0 Å². The molecule has 1 heterocycles. The Morgan fingerprint density at radius 1 is 1.32 bits per heavy atom. The van der Waals surface area contributed by atoms with Crippen molar-refractivity contribution in [3.63, 3.8) is 0 Å². The standard InChI is InChI=1S/C14H24N4O/c1-5-6-7-9-15-12(19)11-8-10-16-13(17-11)18-14(2,3)4/h8,10H,5-7,9H2,1-4H3,(H,15,19)(H,16,17,18). The number of nitrogens with one attached hydrogen (secondary N) is 2. The fourth-order valence-corrected chi connectivity index (χ4v) is 1.55. The summed E-state index contributed by atoms with van der Waals surface area (Å²) in [6.07, 6.45) is 4.87. The lowest BCUT2D eigenvalue weighted by Crippen LogP contribution is -2.29. The number of hydrogen-bond donors (Lipinski definition) is 2. The van der Waals surface area contributed by atoms with Gasteiger partial charge in [-0.05, 0) is 33.3 Å². The molecule has 1 rings (SSSR count). The SMILES string of the molecule is CCCCCNC(=O)c1ccnc(NC(C)(C)C)n1. The summed E-state index contributed by atoms with van der Waals surface area (Å²) < 4.78 is 0. The topological polar surface area (TPSA) is 66.9 Å². The van der Waals surface area contributed by atoms with Crippen molar-refractivity contribution in [2.75, 3.05) is 11.9 Å². The second-order valence-corrected chi connectivity index (χ2v) is 5.60. The van der Waals surface area contributed by atoms with Crippen molar-refractivity contribution in [3.05, 3.63) is 18.0 Å². The van der Waals surface area contributed by atoms with Gasteiger partial charge in [0, 0.05) is 18.3 Å². The second-order valence-electron chi connectivity index (χ2n) is 5.60. The van der Waals surface area contributed by atoms with Crippen molar-refractivity contribution in [2.24, 2.45) is 0 Å². The zero-order valence-corrected chi connectivity index (χ0v) is 12.3. The van der Waals surface area contributed by atoms with E-state index in [0.29, 0.717) is 18.2 Å². The Bertz CT molecular complexity index is 412. The molecule has 1 aromatic rings. The predicted octanol–water partition coefficient (Wildman–Crippen LogP) is 2.61. The van der Waals surface area contributed by atoms with Gasteiger partial charge in [-0.15, -0.1) is 0 Å². The zero-order valence-electron chi connectivity index (χ0n) is 12.3. The third kappa shape index (κ3) is 6.18. The Labute approximate surface area is 115 Å². The van der Waals surface area contributed by atoms with Gasteiger partial charge in [-0.1, -0.05) is 19.8 Å². The molecule has 106 valence electrons. The first-order valence-electron chi connectivity index (χ1n) is 6.82. The molecule has 0 saturated carbocycles. The van der Waals surface area contributed by atoms with E-state index in [4.69, 9.17) is 0 Å². The van der Waals surface area contributed by atoms with Crippen molar-refractivity contribution in [3.8, 4) is 0 Å². The maximum Gasteiger partial charge on any atom is 0.270 e. The monoisotopic (exact) mass is 264 g/mol. The van der Waals surface area contributed by atoms with E-state index in [1.165, 1.54) is 0 Å². The Morgan fingerprint density at radius 2 is 2.05 bits per heavy atom. The Kier molecular flexibility index (Phi) is 5.73. The third-order valence-corrected chi connectivity index (χ3v) is 2.44. The molecule has 0 radical (unpaired) electrons. The van der Waals surface area contributed by atoms with Gasteiger partial charge in [-0.3, -0.25) is 4.79 Å². The van der Waals surface area contributed by atoms with Gasteiger partial charge in [-0.2, -0.15) is 0 Å². The molecule has 0 aromatic carbocycles. The quantitative estimate of drug-likeness (QED) is 0.775. The van der Waals surface area contributed by atoms with E-state index in [0.717, 1.165) is 19.3 Å². The number of carbonyl (C=O) groups excluding carboxylic acids is 1. The molecule has 0 aliphatic heterocycles. The van der Waals surface area contributed by atoms with Crippen molar-refractivity contribution < 1.29 is 4.79 Å². The number of amides is 1. The molecule has 5 nitrogen and oxygen atoms in total. The van der Waals surface area contributed by atoms with E-state index in [1.807, 2.05) is 20.8 Å². The lowest BCUT2D eigenvalue weighted by atomic mass is 10.1. The summed E-state index contributed by atoms with van der Waals surface area (Å²) in [5.74, 6) is 0.337. The summed E-state index contributed by atoms with van der Waals surface area (Å²) in [7, 11) is 0. The van der Waals surface area contributed by atoms with Crippen LogP contribution in [-0.2, 0) is 0 Å². The van der Waals surface area contributed by atoms with E-state index in [1.54, 1.807) is 12.3 Å². The fraction of sp³-hybridized carbons (Fsp3) is 0.643. The van der Waals surface area contributed by atoms with Crippen LogP contribution in [0.5, 0.6) is 0 Å². The Balaban J connectivity index is 2.58. The van der Waals surface area contributed by atoms with Crippen LogP contribution in [0.15, 0.2) is 12.3 Å². The minimum Gasteiger partial charge on any atom is -0.351 e. The van der Waals surface area contributed by atoms with E-state index < -0.39 is 0 Å². The molecule has 0 atom stereocenters. The number of anilines is 1. The van der Waals surface area contributed by atoms with E-state index in [-0.39, 0.29) is 11.4 Å². The maximum atomic E-state index is 11.9. The van der Waals surface area contributed by atoms with Crippen LogP contribution in [0.25, 0.3) is 0 Å². The highest BCUT2D eigenvalue weighted by atomic mass is 16.1. The number of nitrogens with zero attached hydrogens (tertiary/aromatic N) is 2. The van der Waals surface area contributed by atoms with Crippen LogP contribution >= 0.6 is 0 Å². The van der Waals surface area contributed by atoms with Crippen LogP contribution in [0.2, 0.25) is 0 Å². The molecule has 5 heteroatoms. The normalized spacial score (nSPS) is 11.2. The fourth-order valence-electron chi connectivity index (χ4n) is 1.55. The number of hydrogen-bond acceptors (Lipinski definition) is 4. The Hall–Kier alpha value is -1.65. The van der Waals surface area contributed by atoms with Crippen LogP contribution < -0.4 is 10.6 Å². The number of unbranched alkanes of at least 4 members (excludes halogenated alkanes) is 2. The number of carbonyl (C=O) groups is 1. The Morgan fingerprint density at radius 3 is 2.68 bits per heavy atom. The second kappa shape index (κ2) is 7.07. The first-order valence-corrected chi connectivity index (χ1v) is 6.82. The van der Waals surface area contributed by atoms with E-state index in [9.17, 15) is 4.79 Å². The van der Waals surface area contributed by atoms with Gasteiger partial charge < -0.3 is 10.6 Å². The molecule has 0 spiro atoms. The van der Waals surface area contributed by atoms with Gasteiger partial charge in [0.2, 0.25) is 5.95 Å². The van der Waals surface area contributed by atoms with Crippen LogP contribution in [0.1, 0.15) is 57.4 Å². The summed E-state index contributed by atoms with van der Waals surface area (Å²) in [5, 5.41) is 6.02. The highest BCUT2D eigenvalue weighted by Gasteiger charge is 2.13. The van der Waals surface area contributed by atoms with Gasteiger partial charge >= 0.3 is 0 Å². The maximum absolute atomic E-state index is 11.9. The summed E-state index contributed by atoms with van der Waals surface area (Å²) in [6.45, 7) is 8.89. The number of aromatic nitrogens is 2. The molecule has 1 aromatic heterocycles. The highest BCUT2D eigenvalue weighted by molar-refractivity contribution is 5.92. The summed E-state index contributed by atoms with van der Waals surface area (Å²) in [4.78, 5) is 20.2.